The number of nitrogens with one attached hydrogen (secondary N) is 2. The number of halogens is 1. The van der Waals surface area contributed by atoms with Crippen LogP contribution in [0.25, 0.3) is 10.8 Å². The van der Waals surface area contributed by atoms with Crippen molar-refractivity contribution in [1.29, 1.82) is 0 Å². The molecule has 1 heterocycles. The van der Waals surface area contributed by atoms with Crippen LogP contribution >= 0.6 is 0 Å². The molecule has 3 amide bonds. The molecule has 3 atom stereocenters. The number of piperazine rings is 1. The molecule has 2 aliphatic rings. The lowest BCUT2D eigenvalue weighted by Crippen LogP contribution is -2.63. The summed E-state index contributed by atoms with van der Waals surface area (Å²) in [5.41, 5.74) is 1.45. The van der Waals surface area contributed by atoms with Gasteiger partial charge in [-0.25, -0.2) is 4.39 Å². The van der Waals surface area contributed by atoms with Crippen LogP contribution in [0.15, 0.2) is 66.7 Å². The van der Waals surface area contributed by atoms with E-state index in [1.54, 1.807) is 19.2 Å². The Bertz CT molecular complexity index is 1440. The first kappa shape index (κ1) is 29.7. The number of fused-ring (bicyclic) bond motifs is 1. The number of amides is 3. The van der Waals surface area contributed by atoms with Gasteiger partial charge in [-0.15, -0.1) is 0 Å². The maximum absolute atomic E-state index is 14.0. The molecular formula is C34H41FN4O3. The highest BCUT2D eigenvalue weighted by molar-refractivity contribution is 5.91. The Morgan fingerprint density at radius 2 is 1.64 bits per heavy atom. The monoisotopic (exact) mass is 572 g/mol. The molecule has 222 valence electrons. The SMILES string of the molecule is CC[C@H]1CN([C@@H](Cc2ccc3ccccc3c2)C(=O)NC)CCN1C(=O)[C@@H](Cc1ccc(F)cc1)NC(=O)C1(C)CC1. The molecule has 2 fully saturated rings. The first-order chi connectivity index (χ1) is 20.2. The van der Waals surface area contributed by atoms with E-state index < -0.39 is 11.5 Å². The molecule has 1 saturated heterocycles. The molecule has 1 aliphatic heterocycles. The molecule has 5 rings (SSSR count). The van der Waals surface area contributed by atoms with Crippen molar-refractivity contribution >= 4 is 28.5 Å². The fourth-order valence-electron chi connectivity index (χ4n) is 5.95. The Balaban J connectivity index is 1.32. The molecule has 1 saturated carbocycles. The molecule has 7 nitrogen and oxygen atoms in total. The third-order valence-corrected chi connectivity index (χ3v) is 9.01. The maximum Gasteiger partial charge on any atom is 0.245 e. The number of benzene rings is 3. The van der Waals surface area contributed by atoms with Gasteiger partial charge >= 0.3 is 0 Å². The smallest absolute Gasteiger partial charge is 0.245 e. The Hall–Kier alpha value is -3.78. The molecule has 1 aliphatic carbocycles. The minimum absolute atomic E-state index is 0.0445. The number of carbonyl (C=O) groups excluding carboxylic acids is 3. The van der Waals surface area contributed by atoms with Crippen molar-refractivity contribution in [3.8, 4) is 0 Å². The average Bonchev–Trinajstić information content (AvgIpc) is 3.77. The van der Waals surface area contributed by atoms with Gasteiger partial charge in [-0.05, 0) is 59.7 Å². The summed E-state index contributed by atoms with van der Waals surface area (Å²) in [7, 11) is 1.66. The Morgan fingerprint density at radius 3 is 2.31 bits per heavy atom. The predicted molar refractivity (Wildman–Crippen MR) is 162 cm³/mol. The lowest BCUT2D eigenvalue weighted by Gasteiger charge is -2.45. The fraction of sp³-hybridized carbons (Fsp3) is 0.441. The second-order valence-electron chi connectivity index (χ2n) is 12.0. The topological polar surface area (TPSA) is 81.8 Å². The number of hydrogen-bond donors (Lipinski definition) is 2. The van der Waals surface area contributed by atoms with Crippen LogP contribution < -0.4 is 10.6 Å². The summed E-state index contributed by atoms with van der Waals surface area (Å²) in [6.07, 6.45) is 3.19. The van der Waals surface area contributed by atoms with Crippen LogP contribution in [0.4, 0.5) is 4.39 Å². The summed E-state index contributed by atoms with van der Waals surface area (Å²) in [6.45, 7) is 5.52. The molecule has 0 spiro atoms. The summed E-state index contributed by atoms with van der Waals surface area (Å²) in [6, 6.07) is 19.4. The minimum atomic E-state index is -0.742. The van der Waals surface area contributed by atoms with Gasteiger partial charge in [-0.2, -0.15) is 0 Å². The summed E-state index contributed by atoms with van der Waals surface area (Å²) in [4.78, 5) is 44.3. The lowest BCUT2D eigenvalue weighted by molar-refractivity contribution is -0.143. The van der Waals surface area contributed by atoms with Gasteiger partial charge < -0.3 is 15.5 Å². The van der Waals surface area contributed by atoms with E-state index in [0.29, 0.717) is 38.9 Å². The molecular weight excluding hydrogens is 531 g/mol. The quantitative estimate of drug-likeness (QED) is 0.384. The van der Waals surface area contributed by atoms with Crippen molar-refractivity contribution in [2.75, 3.05) is 26.7 Å². The molecule has 0 unspecified atom stereocenters. The van der Waals surface area contributed by atoms with Crippen molar-refractivity contribution in [1.82, 2.24) is 20.4 Å². The van der Waals surface area contributed by atoms with E-state index in [9.17, 15) is 18.8 Å². The van der Waals surface area contributed by atoms with E-state index in [4.69, 9.17) is 0 Å². The van der Waals surface area contributed by atoms with Crippen LogP contribution in [0.2, 0.25) is 0 Å². The van der Waals surface area contributed by atoms with E-state index in [1.807, 2.05) is 30.9 Å². The molecule has 3 aromatic rings. The van der Waals surface area contributed by atoms with Crippen molar-refractivity contribution in [2.45, 2.75) is 64.1 Å². The highest BCUT2D eigenvalue weighted by atomic mass is 19.1. The van der Waals surface area contributed by atoms with Crippen LogP contribution in [-0.4, -0.2) is 72.3 Å². The summed E-state index contributed by atoms with van der Waals surface area (Å²) in [5, 5.41) is 8.18. The number of nitrogens with zero attached hydrogens (tertiary/aromatic N) is 2. The second-order valence-corrected chi connectivity index (χ2v) is 12.0. The molecule has 0 bridgehead atoms. The van der Waals surface area contributed by atoms with Crippen molar-refractivity contribution in [3.05, 3.63) is 83.7 Å². The first-order valence-electron chi connectivity index (χ1n) is 15.0. The van der Waals surface area contributed by atoms with Crippen LogP contribution in [-0.2, 0) is 27.2 Å². The maximum atomic E-state index is 14.0. The lowest BCUT2D eigenvalue weighted by atomic mass is 9.97. The molecule has 2 N–H and O–H groups in total. The van der Waals surface area contributed by atoms with Crippen molar-refractivity contribution in [3.63, 3.8) is 0 Å². The summed E-state index contributed by atoms with van der Waals surface area (Å²) < 4.78 is 13.6. The summed E-state index contributed by atoms with van der Waals surface area (Å²) in [5.74, 6) is -0.622. The molecule has 42 heavy (non-hydrogen) atoms. The standard InChI is InChI=1S/C34H41FN4O3/c1-4-28-22-38(30(31(40)36-3)21-24-9-12-25-7-5-6-8-26(25)19-24)17-18-39(28)32(41)29(37-33(42)34(2)15-16-34)20-23-10-13-27(35)14-11-23/h5-14,19,28-30H,4,15-18,20-22H2,1-3H3,(H,36,40)(H,37,42)/t28-,29+,30-/m0/s1. The zero-order chi connectivity index (χ0) is 29.9. The Labute approximate surface area is 247 Å². The molecule has 3 aromatic carbocycles. The molecule has 8 heteroatoms. The fourth-order valence-corrected chi connectivity index (χ4v) is 5.95. The van der Waals surface area contributed by atoms with Gasteiger partial charge in [-0.1, -0.05) is 68.4 Å². The first-order valence-corrected chi connectivity index (χ1v) is 15.0. The number of hydrogen-bond acceptors (Lipinski definition) is 4. The molecule has 0 aromatic heterocycles. The van der Waals surface area contributed by atoms with Crippen LogP contribution in [0.3, 0.4) is 0 Å². The van der Waals surface area contributed by atoms with Gasteiger partial charge in [0, 0.05) is 44.6 Å². The van der Waals surface area contributed by atoms with E-state index >= 15 is 0 Å². The third-order valence-electron chi connectivity index (χ3n) is 9.01. The highest BCUT2D eigenvalue weighted by Gasteiger charge is 2.46. The Morgan fingerprint density at radius 1 is 0.952 bits per heavy atom. The van der Waals surface area contributed by atoms with Crippen LogP contribution in [0.5, 0.6) is 0 Å². The van der Waals surface area contributed by atoms with E-state index in [2.05, 4.69) is 45.9 Å². The van der Waals surface area contributed by atoms with Gasteiger partial charge in [0.25, 0.3) is 0 Å². The van der Waals surface area contributed by atoms with Gasteiger partial charge in [0.15, 0.2) is 0 Å². The van der Waals surface area contributed by atoms with Gasteiger partial charge in [0.05, 0.1) is 6.04 Å². The zero-order valence-corrected chi connectivity index (χ0v) is 24.7. The summed E-state index contributed by atoms with van der Waals surface area (Å²) >= 11 is 0. The average molecular weight is 573 g/mol. The second kappa shape index (κ2) is 12.6. The van der Waals surface area contributed by atoms with E-state index in [1.165, 1.54) is 12.1 Å². The number of rotatable bonds is 10. The normalized spacial score (nSPS) is 19.6. The third kappa shape index (κ3) is 6.65. The molecule has 0 radical (unpaired) electrons. The van der Waals surface area contributed by atoms with Crippen molar-refractivity contribution < 1.29 is 18.8 Å². The minimum Gasteiger partial charge on any atom is -0.358 e. The van der Waals surface area contributed by atoms with E-state index in [0.717, 1.165) is 34.7 Å². The zero-order valence-electron chi connectivity index (χ0n) is 24.7. The van der Waals surface area contributed by atoms with Gasteiger partial charge in [0.2, 0.25) is 17.7 Å². The largest absolute Gasteiger partial charge is 0.358 e. The van der Waals surface area contributed by atoms with Gasteiger partial charge in [0.1, 0.15) is 11.9 Å². The Kier molecular flexibility index (Phi) is 8.92. The van der Waals surface area contributed by atoms with Crippen LogP contribution in [0.1, 0.15) is 44.2 Å². The predicted octanol–water partition coefficient (Wildman–Crippen LogP) is 4.09. The van der Waals surface area contributed by atoms with E-state index in [-0.39, 0.29) is 35.6 Å². The van der Waals surface area contributed by atoms with Gasteiger partial charge in [-0.3, -0.25) is 19.3 Å². The van der Waals surface area contributed by atoms with Crippen molar-refractivity contribution in [2.24, 2.45) is 5.41 Å². The number of carbonyl (C=O) groups is 3. The highest BCUT2D eigenvalue weighted by Crippen LogP contribution is 2.45. The number of likely N-dealkylation sites (N-methyl/N-ethyl adjacent to an activating group) is 1. The van der Waals surface area contributed by atoms with Crippen LogP contribution in [0, 0.1) is 11.2 Å².